The van der Waals surface area contributed by atoms with Crippen LogP contribution in [0, 0.1) is 5.41 Å². The van der Waals surface area contributed by atoms with Crippen molar-refractivity contribution in [3.8, 4) is 0 Å². The first-order chi connectivity index (χ1) is 6.66. The standard InChI is InChI=1S/C13H23N/c1-13(2)9-8-12(10-13)14-11-6-4-3-5-7-11/h3-4,11-12,14H,5-10H2,1-2H3. The van der Waals surface area contributed by atoms with Crippen LogP contribution in [-0.2, 0) is 0 Å². The summed E-state index contributed by atoms with van der Waals surface area (Å²) in [6.45, 7) is 4.80. The number of allylic oxidation sites excluding steroid dienone is 1. The van der Waals surface area contributed by atoms with Gasteiger partial charge in [0.15, 0.2) is 0 Å². The molecule has 1 nitrogen and oxygen atoms in total. The predicted molar refractivity (Wildman–Crippen MR) is 61.3 cm³/mol. The maximum atomic E-state index is 3.82. The molecule has 2 atom stereocenters. The van der Waals surface area contributed by atoms with Crippen molar-refractivity contribution in [2.24, 2.45) is 5.41 Å². The molecule has 80 valence electrons. The first-order valence-electron chi connectivity index (χ1n) is 6.07. The topological polar surface area (TPSA) is 12.0 Å². The minimum Gasteiger partial charge on any atom is -0.311 e. The molecule has 0 aliphatic heterocycles. The highest BCUT2D eigenvalue weighted by atomic mass is 15.0. The largest absolute Gasteiger partial charge is 0.311 e. The molecule has 1 saturated carbocycles. The smallest absolute Gasteiger partial charge is 0.0107 e. The van der Waals surface area contributed by atoms with E-state index < -0.39 is 0 Å². The number of nitrogens with one attached hydrogen (secondary N) is 1. The third kappa shape index (κ3) is 2.60. The van der Waals surface area contributed by atoms with Crippen molar-refractivity contribution in [3.05, 3.63) is 12.2 Å². The average molecular weight is 193 g/mol. The van der Waals surface area contributed by atoms with E-state index in [1.165, 1.54) is 38.5 Å². The number of hydrogen-bond acceptors (Lipinski definition) is 1. The van der Waals surface area contributed by atoms with Crippen LogP contribution >= 0.6 is 0 Å². The highest BCUT2D eigenvalue weighted by molar-refractivity contribution is 4.95. The van der Waals surface area contributed by atoms with E-state index >= 15 is 0 Å². The first-order valence-corrected chi connectivity index (χ1v) is 6.07. The Balaban J connectivity index is 1.78. The predicted octanol–water partition coefficient (Wildman–Crippen LogP) is 3.26. The summed E-state index contributed by atoms with van der Waals surface area (Å²) in [5.41, 5.74) is 0.585. The fourth-order valence-corrected chi connectivity index (χ4v) is 2.86. The minimum absolute atomic E-state index is 0.585. The Labute approximate surface area is 88.0 Å². The molecule has 1 fully saturated rings. The fraction of sp³-hybridized carbons (Fsp3) is 0.846. The highest BCUT2D eigenvalue weighted by Gasteiger charge is 2.31. The minimum atomic E-state index is 0.585. The van der Waals surface area contributed by atoms with Crippen molar-refractivity contribution in [2.45, 2.75) is 64.5 Å². The Kier molecular flexibility index (Phi) is 2.96. The van der Waals surface area contributed by atoms with E-state index in [1.54, 1.807) is 0 Å². The molecule has 0 heterocycles. The monoisotopic (exact) mass is 193 g/mol. The number of hydrogen-bond donors (Lipinski definition) is 1. The molecule has 0 aromatic heterocycles. The molecule has 1 heteroatoms. The van der Waals surface area contributed by atoms with Gasteiger partial charge in [-0.25, -0.2) is 0 Å². The third-order valence-electron chi connectivity index (χ3n) is 3.71. The second-order valence-electron chi connectivity index (χ2n) is 5.75. The van der Waals surface area contributed by atoms with Crippen LogP contribution in [0.3, 0.4) is 0 Å². The molecule has 14 heavy (non-hydrogen) atoms. The molecule has 2 aliphatic carbocycles. The van der Waals surface area contributed by atoms with Gasteiger partial charge >= 0.3 is 0 Å². The van der Waals surface area contributed by atoms with E-state index in [2.05, 4.69) is 31.3 Å². The van der Waals surface area contributed by atoms with E-state index in [4.69, 9.17) is 0 Å². The van der Waals surface area contributed by atoms with Crippen LogP contribution in [0.25, 0.3) is 0 Å². The summed E-state index contributed by atoms with van der Waals surface area (Å²) < 4.78 is 0. The van der Waals surface area contributed by atoms with Crippen LogP contribution in [0.2, 0.25) is 0 Å². The van der Waals surface area contributed by atoms with Crippen LogP contribution < -0.4 is 5.32 Å². The Bertz CT molecular complexity index is 217. The molecule has 0 bridgehead atoms. The Morgan fingerprint density at radius 3 is 2.57 bits per heavy atom. The summed E-state index contributed by atoms with van der Waals surface area (Å²) in [5.74, 6) is 0. The van der Waals surface area contributed by atoms with Crippen molar-refractivity contribution >= 4 is 0 Å². The molecule has 0 radical (unpaired) electrons. The molecule has 2 aliphatic rings. The normalized spacial score (nSPS) is 36.1. The maximum Gasteiger partial charge on any atom is 0.0107 e. The Morgan fingerprint density at radius 2 is 2.00 bits per heavy atom. The zero-order chi connectivity index (χ0) is 10.0. The van der Waals surface area contributed by atoms with Crippen molar-refractivity contribution in [1.29, 1.82) is 0 Å². The Hall–Kier alpha value is -0.300. The van der Waals surface area contributed by atoms with Gasteiger partial charge in [-0.3, -0.25) is 0 Å². The molecular formula is C13H23N. The van der Waals surface area contributed by atoms with Gasteiger partial charge in [-0.1, -0.05) is 26.0 Å². The summed E-state index contributed by atoms with van der Waals surface area (Å²) >= 11 is 0. The molecule has 0 amide bonds. The van der Waals surface area contributed by atoms with Crippen molar-refractivity contribution in [2.75, 3.05) is 0 Å². The molecule has 2 unspecified atom stereocenters. The van der Waals surface area contributed by atoms with Gasteiger partial charge in [0.25, 0.3) is 0 Å². The number of rotatable bonds is 2. The summed E-state index contributed by atoms with van der Waals surface area (Å²) in [7, 11) is 0. The van der Waals surface area contributed by atoms with E-state index in [0.717, 1.165) is 12.1 Å². The Morgan fingerprint density at radius 1 is 1.14 bits per heavy atom. The van der Waals surface area contributed by atoms with E-state index in [1.807, 2.05) is 0 Å². The lowest BCUT2D eigenvalue weighted by molar-refractivity contribution is 0.345. The molecule has 0 saturated heterocycles. The molecule has 0 aromatic carbocycles. The molecule has 0 aromatic rings. The second kappa shape index (κ2) is 4.06. The van der Waals surface area contributed by atoms with Crippen molar-refractivity contribution < 1.29 is 0 Å². The average Bonchev–Trinajstić information content (AvgIpc) is 2.47. The second-order valence-corrected chi connectivity index (χ2v) is 5.75. The van der Waals surface area contributed by atoms with E-state index in [9.17, 15) is 0 Å². The summed E-state index contributed by atoms with van der Waals surface area (Å²) in [4.78, 5) is 0. The van der Waals surface area contributed by atoms with Crippen LogP contribution in [0.15, 0.2) is 12.2 Å². The zero-order valence-corrected chi connectivity index (χ0v) is 9.55. The van der Waals surface area contributed by atoms with Gasteiger partial charge in [0.05, 0.1) is 0 Å². The van der Waals surface area contributed by atoms with Gasteiger partial charge < -0.3 is 5.32 Å². The van der Waals surface area contributed by atoms with Gasteiger partial charge in [0.2, 0.25) is 0 Å². The third-order valence-corrected chi connectivity index (χ3v) is 3.71. The van der Waals surface area contributed by atoms with Crippen molar-refractivity contribution in [1.82, 2.24) is 5.32 Å². The van der Waals surface area contributed by atoms with Crippen LogP contribution in [0.4, 0.5) is 0 Å². The summed E-state index contributed by atoms with van der Waals surface area (Å²) in [6.07, 6.45) is 12.7. The molecule has 2 rings (SSSR count). The summed E-state index contributed by atoms with van der Waals surface area (Å²) in [6, 6.07) is 1.56. The van der Waals surface area contributed by atoms with E-state index in [0.29, 0.717) is 5.41 Å². The van der Waals surface area contributed by atoms with E-state index in [-0.39, 0.29) is 0 Å². The SMILES string of the molecule is CC1(C)CCC(NC2CC=CCC2)C1. The highest BCUT2D eigenvalue weighted by Crippen LogP contribution is 2.37. The van der Waals surface area contributed by atoms with Crippen LogP contribution in [0.5, 0.6) is 0 Å². The van der Waals surface area contributed by atoms with Crippen LogP contribution in [0.1, 0.15) is 52.4 Å². The van der Waals surface area contributed by atoms with Gasteiger partial charge in [-0.15, -0.1) is 0 Å². The lowest BCUT2D eigenvalue weighted by Crippen LogP contribution is -2.37. The summed E-state index contributed by atoms with van der Waals surface area (Å²) in [5, 5.41) is 3.82. The lowest BCUT2D eigenvalue weighted by Gasteiger charge is -2.25. The van der Waals surface area contributed by atoms with Gasteiger partial charge in [-0.2, -0.15) is 0 Å². The quantitative estimate of drug-likeness (QED) is 0.664. The first kappa shape index (κ1) is 10.2. The van der Waals surface area contributed by atoms with Gasteiger partial charge in [0.1, 0.15) is 0 Å². The maximum absolute atomic E-state index is 3.82. The van der Waals surface area contributed by atoms with Gasteiger partial charge in [-0.05, 0) is 43.9 Å². The fourth-order valence-electron chi connectivity index (χ4n) is 2.86. The van der Waals surface area contributed by atoms with Crippen LogP contribution in [-0.4, -0.2) is 12.1 Å². The van der Waals surface area contributed by atoms with Crippen molar-refractivity contribution in [3.63, 3.8) is 0 Å². The van der Waals surface area contributed by atoms with Gasteiger partial charge in [0, 0.05) is 12.1 Å². The molecular weight excluding hydrogens is 170 g/mol. The molecule has 0 spiro atoms. The molecule has 1 N–H and O–H groups in total. The lowest BCUT2D eigenvalue weighted by atomic mass is 9.91. The zero-order valence-electron chi connectivity index (χ0n) is 9.55.